The summed E-state index contributed by atoms with van der Waals surface area (Å²) in [4.78, 5) is 2.82. The van der Waals surface area contributed by atoms with Crippen LogP contribution in [0.3, 0.4) is 0 Å². The number of nitrogens with one attached hydrogen (secondary N) is 1. The molecular formula is C14H24N2. The Labute approximate surface area is 98.8 Å². The lowest BCUT2D eigenvalue weighted by molar-refractivity contribution is 0.172. The Balaban J connectivity index is 1.35. The highest BCUT2D eigenvalue weighted by Gasteiger charge is 2.44. The first-order valence-electron chi connectivity index (χ1n) is 7.38. The minimum Gasteiger partial charge on any atom is -0.310 e. The summed E-state index contributed by atoms with van der Waals surface area (Å²) in [6.45, 7) is 2.72. The number of nitrogens with zero attached hydrogens (tertiary/aromatic N) is 1. The normalized spacial score (nSPS) is 48.0. The number of rotatable bonds is 3. The summed E-state index contributed by atoms with van der Waals surface area (Å²) in [7, 11) is 0. The predicted octanol–water partition coefficient (Wildman–Crippen LogP) is 2.00. The summed E-state index contributed by atoms with van der Waals surface area (Å²) in [6, 6.07) is 2.70. The molecule has 4 fully saturated rings. The third-order valence-corrected chi connectivity index (χ3v) is 5.44. The molecule has 16 heavy (non-hydrogen) atoms. The second kappa shape index (κ2) is 3.71. The van der Waals surface area contributed by atoms with Gasteiger partial charge in [0.2, 0.25) is 0 Å². The standard InChI is InChI=1S/C14H24N2/c1-2-11-7-10(1)8-14(11)16-6-5-13(9-16)15-12-3-4-12/h10-15H,1-9H2. The van der Waals surface area contributed by atoms with Gasteiger partial charge in [-0.1, -0.05) is 6.42 Å². The van der Waals surface area contributed by atoms with E-state index >= 15 is 0 Å². The molecule has 3 saturated carbocycles. The number of hydrogen-bond acceptors (Lipinski definition) is 2. The van der Waals surface area contributed by atoms with Crippen LogP contribution in [0.25, 0.3) is 0 Å². The largest absolute Gasteiger partial charge is 0.310 e. The van der Waals surface area contributed by atoms with Crippen molar-refractivity contribution in [2.45, 2.75) is 63.1 Å². The molecule has 90 valence electrons. The molecule has 4 rings (SSSR count). The molecule has 0 amide bonds. The van der Waals surface area contributed by atoms with Crippen molar-refractivity contribution in [2.24, 2.45) is 11.8 Å². The Kier molecular flexibility index (Phi) is 2.29. The number of fused-ring (bicyclic) bond motifs is 2. The van der Waals surface area contributed by atoms with Crippen LogP contribution in [0, 0.1) is 11.8 Å². The van der Waals surface area contributed by atoms with E-state index in [9.17, 15) is 0 Å². The molecule has 0 radical (unpaired) electrons. The molecule has 2 bridgehead atoms. The van der Waals surface area contributed by atoms with Gasteiger partial charge in [0.05, 0.1) is 0 Å². The minimum atomic E-state index is 0.826. The van der Waals surface area contributed by atoms with Gasteiger partial charge < -0.3 is 5.32 Å². The molecule has 0 aromatic heterocycles. The van der Waals surface area contributed by atoms with Gasteiger partial charge in [-0.2, -0.15) is 0 Å². The molecule has 1 aliphatic heterocycles. The minimum absolute atomic E-state index is 0.826. The predicted molar refractivity (Wildman–Crippen MR) is 65.4 cm³/mol. The monoisotopic (exact) mass is 220 g/mol. The highest BCUT2D eigenvalue weighted by molar-refractivity contribution is 4.99. The lowest BCUT2D eigenvalue weighted by atomic mass is 9.94. The van der Waals surface area contributed by atoms with Crippen molar-refractivity contribution in [3.63, 3.8) is 0 Å². The van der Waals surface area contributed by atoms with Crippen LogP contribution in [0.4, 0.5) is 0 Å². The van der Waals surface area contributed by atoms with Gasteiger partial charge in [0.1, 0.15) is 0 Å². The van der Waals surface area contributed by atoms with Gasteiger partial charge in [0, 0.05) is 31.2 Å². The van der Waals surface area contributed by atoms with E-state index < -0.39 is 0 Å². The Bertz CT molecular complexity index is 274. The van der Waals surface area contributed by atoms with Gasteiger partial charge in [-0.15, -0.1) is 0 Å². The summed E-state index contributed by atoms with van der Waals surface area (Å²) >= 11 is 0. The van der Waals surface area contributed by atoms with E-state index in [0.29, 0.717) is 0 Å². The Hall–Kier alpha value is -0.0800. The van der Waals surface area contributed by atoms with E-state index in [0.717, 1.165) is 30.0 Å². The molecule has 4 atom stereocenters. The summed E-state index contributed by atoms with van der Waals surface area (Å²) in [5, 5.41) is 3.81. The molecule has 3 aliphatic carbocycles. The zero-order chi connectivity index (χ0) is 10.5. The van der Waals surface area contributed by atoms with E-state index in [4.69, 9.17) is 0 Å². The Morgan fingerprint density at radius 1 is 0.875 bits per heavy atom. The van der Waals surface area contributed by atoms with Crippen molar-refractivity contribution in [2.75, 3.05) is 13.1 Å². The molecule has 0 aromatic carbocycles. The van der Waals surface area contributed by atoms with Crippen molar-refractivity contribution < 1.29 is 0 Å². The number of likely N-dealkylation sites (tertiary alicyclic amines) is 1. The van der Waals surface area contributed by atoms with E-state index in [-0.39, 0.29) is 0 Å². The maximum absolute atomic E-state index is 3.81. The topological polar surface area (TPSA) is 15.3 Å². The average Bonchev–Trinajstić information content (AvgIpc) is 2.74. The fourth-order valence-electron chi connectivity index (χ4n) is 4.47. The smallest absolute Gasteiger partial charge is 0.0209 e. The molecule has 1 saturated heterocycles. The third-order valence-electron chi connectivity index (χ3n) is 5.44. The molecule has 2 heteroatoms. The van der Waals surface area contributed by atoms with Crippen molar-refractivity contribution in [1.29, 1.82) is 0 Å². The van der Waals surface area contributed by atoms with E-state index in [1.165, 1.54) is 45.2 Å². The highest BCUT2D eigenvalue weighted by Crippen LogP contribution is 2.47. The van der Waals surface area contributed by atoms with Gasteiger partial charge in [-0.25, -0.2) is 0 Å². The van der Waals surface area contributed by atoms with Crippen LogP contribution in [-0.4, -0.2) is 36.1 Å². The SMILES string of the molecule is C1CC2CC1CC2N1CCC(NC2CC2)C1. The first kappa shape index (κ1) is 9.90. The summed E-state index contributed by atoms with van der Waals surface area (Å²) < 4.78 is 0. The van der Waals surface area contributed by atoms with Crippen LogP contribution >= 0.6 is 0 Å². The van der Waals surface area contributed by atoms with E-state index in [1.807, 2.05) is 0 Å². The summed E-state index contributed by atoms with van der Waals surface area (Å²) in [5.41, 5.74) is 0. The number of hydrogen-bond donors (Lipinski definition) is 1. The molecule has 4 aliphatic rings. The maximum Gasteiger partial charge on any atom is 0.0209 e. The van der Waals surface area contributed by atoms with Crippen molar-refractivity contribution in [1.82, 2.24) is 10.2 Å². The molecule has 4 unspecified atom stereocenters. The molecule has 1 N–H and O–H groups in total. The molecule has 0 spiro atoms. The van der Waals surface area contributed by atoms with Gasteiger partial charge in [0.15, 0.2) is 0 Å². The van der Waals surface area contributed by atoms with Crippen LogP contribution in [0.15, 0.2) is 0 Å². The fraction of sp³-hybridized carbons (Fsp3) is 1.00. The van der Waals surface area contributed by atoms with Crippen LogP contribution < -0.4 is 5.32 Å². The highest BCUT2D eigenvalue weighted by atomic mass is 15.2. The summed E-state index contributed by atoms with van der Waals surface area (Å²) in [5.74, 6) is 2.18. The van der Waals surface area contributed by atoms with Crippen LogP contribution in [0.5, 0.6) is 0 Å². The van der Waals surface area contributed by atoms with Crippen molar-refractivity contribution in [3.05, 3.63) is 0 Å². The quantitative estimate of drug-likeness (QED) is 0.782. The van der Waals surface area contributed by atoms with E-state index in [1.54, 1.807) is 12.8 Å². The molecule has 1 heterocycles. The second-order valence-electron chi connectivity index (χ2n) is 6.66. The Morgan fingerprint density at radius 2 is 1.81 bits per heavy atom. The maximum atomic E-state index is 3.81. The van der Waals surface area contributed by atoms with Gasteiger partial charge in [-0.3, -0.25) is 4.90 Å². The molecule has 0 aromatic rings. The molecular weight excluding hydrogens is 196 g/mol. The van der Waals surface area contributed by atoms with Gasteiger partial charge >= 0.3 is 0 Å². The second-order valence-corrected chi connectivity index (χ2v) is 6.66. The lowest BCUT2D eigenvalue weighted by Crippen LogP contribution is -2.40. The fourth-order valence-corrected chi connectivity index (χ4v) is 4.47. The van der Waals surface area contributed by atoms with Gasteiger partial charge in [-0.05, 0) is 50.4 Å². The van der Waals surface area contributed by atoms with Crippen molar-refractivity contribution >= 4 is 0 Å². The average molecular weight is 220 g/mol. The zero-order valence-corrected chi connectivity index (χ0v) is 10.2. The van der Waals surface area contributed by atoms with E-state index in [2.05, 4.69) is 10.2 Å². The van der Waals surface area contributed by atoms with Crippen LogP contribution in [-0.2, 0) is 0 Å². The van der Waals surface area contributed by atoms with Crippen LogP contribution in [0.1, 0.15) is 44.9 Å². The van der Waals surface area contributed by atoms with Crippen molar-refractivity contribution in [3.8, 4) is 0 Å². The lowest BCUT2D eigenvalue weighted by Gasteiger charge is -2.31. The van der Waals surface area contributed by atoms with Gasteiger partial charge in [0.25, 0.3) is 0 Å². The molecule has 2 nitrogen and oxygen atoms in total. The first-order valence-corrected chi connectivity index (χ1v) is 7.38. The van der Waals surface area contributed by atoms with Crippen LogP contribution in [0.2, 0.25) is 0 Å². The Morgan fingerprint density at radius 3 is 2.50 bits per heavy atom. The summed E-state index contributed by atoms with van der Waals surface area (Å²) in [6.07, 6.45) is 10.4. The zero-order valence-electron chi connectivity index (χ0n) is 10.2. The third kappa shape index (κ3) is 1.70. The first-order chi connectivity index (χ1) is 7.88.